The highest BCUT2D eigenvalue weighted by Gasteiger charge is 2.08. The third-order valence-electron chi connectivity index (χ3n) is 3.28. The molecule has 0 unspecified atom stereocenters. The van der Waals surface area contributed by atoms with Gasteiger partial charge < -0.3 is 10.6 Å². The number of aromatic nitrogens is 4. The smallest absolute Gasteiger partial charge is 0.270 e. The van der Waals surface area contributed by atoms with Gasteiger partial charge in [0.05, 0.1) is 12.2 Å². The molecule has 0 aromatic carbocycles. The highest BCUT2D eigenvalue weighted by molar-refractivity contribution is 5.92. The van der Waals surface area contributed by atoms with E-state index in [4.69, 9.17) is 0 Å². The number of hydrogen-bond acceptors (Lipinski definition) is 6. The molecule has 0 aliphatic heterocycles. The van der Waals surface area contributed by atoms with E-state index in [1.54, 1.807) is 24.7 Å². The first kappa shape index (κ1) is 15.5. The van der Waals surface area contributed by atoms with Crippen LogP contribution in [0.2, 0.25) is 0 Å². The molecule has 2 N–H and O–H groups in total. The van der Waals surface area contributed by atoms with Crippen LogP contribution in [0.3, 0.4) is 0 Å². The van der Waals surface area contributed by atoms with Gasteiger partial charge in [-0.1, -0.05) is 6.07 Å². The van der Waals surface area contributed by atoms with Gasteiger partial charge in [-0.15, -0.1) is 0 Å². The molecule has 7 nitrogen and oxygen atoms in total. The molecule has 0 aliphatic rings. The van der Waals surface area contributed by atoms with Crippen molar-refractivity contribution in [2.45, 2.75) is 13.1 Å². The molecule has 0 bridgehead atoms. The highest BCUT2D eigenvalue weighted by Crippen LogP contribution is 2.07. The van der Waals surface area contributed by atoms with E-state index in [0.29, 0.717) is 24.6 Å². The van der Waals surface area contributed by atoms with Crippen LogP contribution in [0.15, 0.2) is 61.3 Å². The number of hydrogen-bond donors (Lipinski definition) is 2. The van der Waals surface area contributed by atoms with E-state index in [1.165, 1.54) is 6.33 Å². The maximum atomic E-state index is 12.2. The fourth-order valence-corrected chi connectivity index (χ4v) is 2.04. The van der Waals surface area contributed by atoms with Crippen LogP contribution in [-0.4, -0.2) is 25.8 Å². The maximum absolute atomic E-state index is 12.2. The summed E-state index contributed by atoms with van der Waals surface area (Å²) in [6, 6.07) is 11.0. The van der Waals surface area contributed by atoms with Gasteiger partial charge in [-0.25, -0.2) is 9.97 Å². The normalized spacial score (nSPS) is 10.2. The molecule has 0 fully saturated rings. The number of pyridine rings is 2. The van der Waals surface area contributed by atoms with Gasteiger partial charge >= 0.3 is 0 Å². The van der Waals surface area contributed by atoms with Crippen LogP contribution in [0.25, 0.3) is 0 Å². The molecule has 120 valence electrons. The monoisotopic (exact) mass is 320 g/mol. The minimum absolute atomic E-state index is 0.269. The number of nitrogens with one attached hydrogen (secondary N) is 2. The number of nitrogens with zero attached hydrogens (tertiary/aromatic N) is 4. The molecule has 0 radical (unpaired) electrons. The van der Waals surface area contributed by atoms with Crippen molar-refractivity contribution in [1.82, 2.24) is 25.3 Å². The second-order valence-electron chi connectivity index (χ2n) is 5.00. The van der Waals surface area contributed by atoms with Crippen molar-refractivity contribution in [3.8, 4) is 0 Å². The second kappa shape index (κ2) is 7.77. The lowest BCUT2D eigenvalue weighted by atomic mass is 10.2. The predicted octanol–water partition coefficient (Wildman–Crippen LogP) is 1.81. The van der Waals surface area contributed by atoms with Crippen molar-refractivity contribution in [3.63, 3.8) is 0 Å². The minimum Gasteiger partial charge on any atom is -0.366 e. The molecule has 24 heavy (non-hydrogen) atoms. The summed E-state index contributed by atoms with van der Waals surface area (Å²) in [5, 5.41) is 5.95. The zero-order valence-corrected chi connectivity index (χ0v) is 12.9. The molecule has 0 spiro atoms. The Balaban J connectivity index is 1.59. The van der Waals surface area contributed by atoms with Crippen molar-refractivity contribution in [2.24, 2.45) is 0 Å². The Hall–Kier alpha value is -3.35. The van der Waals surface area contributed by atoms with Crippen LogP contribution in [0.1, 0.15) is 21.7 Å². The van der Waals surface area contributed by atoms with E-state index < -0.39 is 0 Å². The van der Waals surface area contributed by atoms with Gasteiger partial charge in [-0.3, -0.25) is 14.8 Å². The first-order chi connectivity index (χ1) is 11.8. The number of carbonyl (C=O) groups excluding carboxylic acids is 1. The fraction of sp³-hybridized carbons (Fsp3) is 0.118. The Kier molecular flexibility index (Phi) is 5.03. The largest absolute Gasteiger partial charge is 0.366 e. The summed E-state index contributed by atoms with van der Waals surface area (Å²) in [4.78, 5) is 28.4. The molecule has 3 rings (SSSR count). The van der Waals surface area contributed by atoms with E-state index >= 15 is 0 Å². The Morgan fingerprint density at radius 2 is 1.83 bits per heavy atom. The Labute approximate surface area is 139 Å². The fourth-order valence-electron chi connectivity index (χ4n) is 2.04. The molecule has 3 aromatic heterocycles. The topological polar surface area (TPSA) is 92.7 Å². The number of carbonyl (C=O) groups is 1. The lowest BCUT2D eigenvalue weighted by molar-refractivity contribution is 0.0945. The number of amides is 1. The highest BCUT2D eigenvalue weighted by atomic mass is 16.1. The lowest BCUT2D eigenvalue weighted by Gasteiger charge is -2.07. The van der Waals surface area contributed by atoms with Crippen LogP contribution in [-0.2, 0) is 13.1 Å². The van der Waals surface area contributed by atoms with Crippen molar-refractivity contribution in [1.29, 1.82) is 0 Å². The molecule has 0 saturated heterocycles. The van der Waals surface area contributed by atoms with Crippen LogP contribution in [0.4, 0.5) is 5.82 Å². The standard InChI is InChI=1S/C17H16N6O/c24-17(21-11-14-3-1-2-6-19-14)15-9-16(23-12-22-15)20-10-13-4-7-18-8-5-13/h1-9,12H,10-11H2,(H,21,24)(H,20,22,23). The van der Waals surface area contributed by atoms with E-state index in [9.17, 15) is 4.79 Å². The molecule has 3 heterocycles. The van der Waals surface area contributed by atoms with Gasteiger partial charge in [-0.05, 0) is 29.8 Å². The summed E-state index contributed by atoms with van der Waals surface area (Å²) >= 11 is 0. The number of anilines is 1. The van der Waals surface area contributed by atoms with Crippen LogP contribution in [0.5, 0.6) is 0 Å². The van der Waals surface area contributed by atoms with Crippen LogP contribution < -0.4 is 10.6 Å². The summed E-state index contributed by atoms with van der Waals surface area (Å²) in [5.74, 6) is 0.319. The summed E-state index contributed by atoms with van der Waals surface area (Å²) < 4.78 is 0. The Morgan fingerprint density at radius 3 is 2.62 bits per heavy atom. The van der Waals surface area contributed by atoms with Gasteiger partial charge in [0.25, 0.3) is 5.91 Å². The van der Waals surface area contributed by atoms with E-state index in [2.05, 4.69) is 30.6 Å². The molecule has 0 atom stereocenters. The summed E-state index contributed by atoms with van der Waals surface area (Å²) in [7, 11) is 0. The van der Waals surface area contributed by atoms with Crippen molar-refractivity contribution in [3.05, 3.63) is 78.3 Å². The minimum atomic E-state index is -0.269. The second-order valence-corrected chi connectivity index (χ2v) is 5.00. The quantitative estimate of drug-likeness (QED) is 0.719. The van der Waals surface area contributed by atoms with Crippen molar-refractivity contribution in [2.75, 3.05) is 5.32 Å². The summed E-state index contributed by atoms with van der Waals surface area (Å²) in [5.41, 5.74) is 2.17. The van der Waals surface area contributed by atoms with Gasteiger partial charge in [0.15, 0.2) is 0 Å². The van der Waals surface area contributed by atoms with Crippen LogP contribution >= 0.6 is 0 Å². The van der Waals surface area contributed by atoms with Crippen molar-refractivity contribution < 1.29 is 4.79 Å². The molecule has 0 aliphatic carbocycles. The SMILES string of the molecule is O=C(NCc1ccccn1)c1cc(NCc2ccncc2)ncn1. The average molecular weight is 320 g/mol. The zero-order valence-electron chi connectivity index (χ0n) is 12.9. The van der Waals surface area contributed by atoms with Crippen molar-refractivity contribution >= 4 is 11.7 Å². The van der Waals surface area contributed by atoms with E-state index in [-0.39, 0.29) is 5.91 Å². The molecular formula is C17H16N6O. The Morgan fingerprint density at radius 1 is 0.958 bits per heavy atom. The van der Waals surface area contributed by atoms with Gasteiger partial charge in [-0.2, -0.15) is 0 Å². The molecule has 7 heteroatoms. The first-order valence-corrected chi connectivity index (χ1v) is 7.44. The van der Waals surface area contributed by atoms with E-state index in [1.807, 2.05) is 30.3 Å². The zero-order chi connectivity index (χ0) is 16.6. The van der Waals surface area contributed by atoms with Gasteiger partial charge in [0, 0.05) is 31.2 Å². The molecule has 0 saturated carbocycles. The molecular weight excluding hydrogens is 304 g/mol. The van der Waals surface area contributed by atoms with Gasteiger partial charge in [0.2, 0.25) is 0 Å². The molecule has 1 amide bonds. The van der Waals surface area contributed by atoms with Crippen LogP contribution in [0, 0.1) is 0 Å². The summed E-state index contributed by atoms with van der Waals surface area (Å²) in [6.07, 6.45) is 6.51. The third kappa shape index (κ3) is 4.33. The molecule has 3 aromatic rings. The number of rotatable bonds is 6. The average Bonchev–Trinajstić information content (AvgIpc) is 2.66. The lowest BCUT2D eigenvalue weighted by Crippen LogP contribution is -2.24. The predicted molar refractivity (Wildman–Crippen MR) is 89.0 cm³/mol. The van der Waals surface area contributed by atoms with E-state index in [0.717, 1.165) is 11.3 Å². The van der Waals surface area contributed by atoms with Gasteiger partial charge in [0.1, 0.15) is 17.8 Å². The summed E-state index contributed by atoms with van der Waals surface area (Å²) in [6.45, 7) is 0.942. The Bertz CT molecular complexity index is 794. The third-order valence-corrected chi connectivity index (χ3v) is 3.28. The first-order valence-electron chi connectivity index (χ1n) is 7.44. The maximum Gasteiger partial charge on any atom is 0.270 e.